The lowest BCUT2D eigenvalue weighted by molar-refractivity contribution is 1.35. The molecular weight excluding hydrogens is 262 g/mol. The molecule has 0 fully saturated rings. The summed E-state index contributed by atoms with van der Waals surface area (Å²) in [6.45, 7) is 2.10. The lowest BCUT2D eigenvalue weighted by Crippen LogP contribution is -1.74. The first-order valence-electron chi connectivity index (χ1n) is 5.60. The van der Waals surface area contributed by atoms with E-state index >= 15 is 0 Å². The summed E-state index contributed by atoms with van der Waals surface area (Å²) in [6, 6.07) is 6.27. The minimum absolute atomic E-state index is 0.929. The van der Waals surface area contributed by atoms with Gasteiger partial charge in [-0.2, -0.15) is 0 Å². The van der Waals surface area contributed by atoms with E-state index in [1.807, 2.05) is 12.3 Å². The van der Waals surface area contributed by atoms with Gasteiger partial charge in [0, 0.05) is 10.3 Å². The molecule has 0 radical (unpaired) electrons. The summed E-state index contributed by atoms with van der Waals surface area (Å²) >= 11 is 3.40. The van der Waals surface area contributed by atoms with Crippen LogP contribution in [0.4, 0.5) is 0 Å². The molecule has 0 amide bonds. The molecule has 0 aliphatic carbocycles. The van der Waals surface area contributed by atoms with Crippen molar-refractivity contribution in [2.75, 3.05) is 0 Å². The fourth-order valence-electron chi connectivity index (χ4n) is 2.11. The Hall–Kier alpha value is -1.72. The highest BCUT2D eigenvalue weighted by atomic mass is 32.1. The van der Waals surface area contributed by atoms with Crippen LogP contribution in [0.3, 0.4) is 0 Å². The zero-order valence-corrected chi connectivity index (χ0v) is 11.2. The number of aromatic nitrogens is 3. The third-order valence-corrected chi connectivity index (χ3v) is 4.72. The Bertz CT molecular complexity index is 840. The molecule has 0 spiro atoms. The van der Waals surface area contributed by atoms with Crippen molar-refractivity contribution >= 4 is 43.9 Å². The number of aromatic amines is 1. The Kier molecular flexibility index (Phi) is 2.06. The van der Waals surface area contributed by atoms with Gasteiger partial charge in [-0.3, -0.25) is 0 Å². The Morgan fingerprint density at radius 1 is 1.33 bits per heavy atom. The van der Waals surface area contributed by atoms with Crippen molar-refractivity contribution in [1.82, 2.24) is 15.0 Å². The number of aryl methyl sites for hydroxylation is 1. The van der Waals surface area contributed by atoms with Gasteiger partial charge in [-0.15, -0.1) is 22.7 Å². The highest BCUT2D eigenvalue weighted by Gasteiger charge is 2.11. The van der Waals surface area contributed by atoms with Crippen molar-refractivity contribution < 1.29 is 0 Å². The Morgan fingerprint density at radius 3 is 3.11 bits per heavy atom. The quantitative estimate of drug-likeness (QED) is 0.563. The van der Waals surface area contributed by atoms with Gasteiger partial charge < -0.3 is 4.98 Å². The maximum absolute atomic E-state index is 4.72. The molecule has 3 nitrogen and oxygen atoms in total. The van der Waals surface area contributed by atoms with E-state index in [0.717, 1.165) is 32.0 Å². The summed E-state index contributed by atoms with van der Waals surface area (Å²) in [6.07, 6.45) is 1.87. The number of nitrogens with zero attached hydrogens (tertiary/aromatic N) is 2. The molecule has 0 aliphatic heterocycles. The summed E-state index contributed by atoms with van der Waals surface area (Å²) in [7, 11) is 0. The first kappa shape index (κ1) is 10.2. The Balaban J connectivity index is 2.07. The van der Waals surface area contributed by atoms with Crippen LogP contribution >= 0.6 is 22.7 Å². The fourth-order valence-corrected chi connectivity index (χ4v) is 3.63. The minimum atomic E-state index is 0.929. The fraction of sp³-hybridized carbons (Fsp3) is 0.0769. The Morgan fingerprint density at radius 2 is 2.28 bits per heavy atom. The van der Waals surface area contributed by atoms with Crippen molar-refractivity contribution in [2.24, 2.45) is 0 Å². The molecule has 4 aromatic heterocycles. The lowest BCUT2D eigenvalue weighted by Gasteiger charge is -1.88. The molecule has 18 heavy (non-hydrogen) atoms. The first-order valence-corrected chi connectivity index (χ1v) is 7.29. The molecule has 4 rings (SSSR count). The maximum Gasteiger partial charge on any atom is 0.148 e. The summed E-state index contributed by atoms with van der Waals surface area (Å²) in [5, 5.41) is 3.21. The van der Waals surface area contributed by atoms with E-state index in [1.165, 1.54) is 4.88 Å². The van der Waals surface area contributed by atoms with Crippen LogP contribution in [-0.2, 0) is 0 Å². The van der Waals surface area contributed by atoms with Gasteiger partial charge in [-0.25, -0.2) is 9.97 Å². The highest BCUT2D eigenvalue weighted by Crippen LogP contribution is 2.31. The number of hydrogen-bond donors (Lipinski definition) is 1. The van der Waals surface area contributed by atoms with E-state index in [2.05, 4.69) is 34.4 Å². The van der Waals surface area contributed by atoms with Crippen LogP contribution in [0, 0.1) is 6.92 Å². The van der Waals surface area contributed by atoms with E-state index in [-0.39, 0.29) is 0 Å². The monoisotopic (exact) mass is 271 g/mol. The third kappa shape index (κ3) is 1.41. The molecule has 0 aliphatic rings. The second-order valence-electron chi connectivity index (χ2n) is 4.16. The molecule has 0 atom stereocenters. The lowest BCUT2D eigenvalue weighted by atomic mass is 10.3. The van der Waals surface area contributed by atoms with Crippen molar-refractivity contribution in [2.45, 2.75) is 6.92 Å². The largest absolute Gasteiger partial charge is 0.336 e. The standard InChI is InChI=1S/C13H9N3S2/c1-7-5-8-11-9(6-14-13(8)18-7)15-12(16-11)10-3-2-4-17-10/h2-6H,1H3,(H,15,16). The number of fused-ring (bicyclic) bond motifs is 3. The maximum atomic E-state index is 4.72. The van der Waals surface area contributed by atoms with Crippen molar-refractivity contribution in [3.8, 4) is 10.7 Å². The number of imidazole rings is 1. The van der Waals surface area contributed by atoms with Crippen molar-refractivity contribution in [1.29, 1.82) is 0 Å². The van der Waals surface area contributed by atoms with E-state index in [1.54, 1.807) is 22.7 Å². The molecule has 5 heteroatoms. The van der Waals surface area contributed by atoms with Gasteiger partial charge in [-0.1, -0.05) is 6.07 Å². The number of thiophene rings is 2. The topological polar surface area (TPSA) is 41.6 Å². The van der Waals surface area contributed by atoms with Gasteiger partial charge in [0.15, 0.2) is 0 Å². The molecule has 0 aromatic carbocycles. The van der Waals surface area contributed by atoms with Gasteiger partial charge >= 0.3 is 0 Å². The van der Waals surface area contributed by atoms with Crippen LogP contribution in [0.15, 0.2) is 29.8 Å². The van der Waals surface area contributed by atoms with E-state index in [0.29, 0.717) is 0 Å². The summed E-state index contributed by atoms with van der Waals surface area (Å²) in [5.41, 5.74) is 2.02. The molecule has 1 N–H and O–H groups in total. The van der Waals surface area contributed by atoms with Crippen LogP contribution in [0.2, 0.25) is 0 Å². The average molecular weight is 271 g/mol. The van der Waals surface area contributed by atoms with E-state index in [4.69, 9.17) is 4.98 Å². The molecule has 4 heterocycles. The normalized spacial score (nSPS) is 11.6. The molecule has 0 saturated carbocycles. The van der Waals surface area contributed by atoms with Crippen LogP contribution in [0.25, 0.3) is 32.0 Å². The Labute approximate surface area is 111 Å². The second-order valence-corrected chi connectivity index (χ2v) is 6.34. The summed E-state index contributed by atoms with van der Waals surface area (Å²) in [5.74, 6) is 0.929. The number of H-pyrrole nitrogens is 1. The molecule has 4 aromatic rings. The van der Waals surface area contributed by atoms with Gasteiger partial charge in [0.2, 0.25) is 0 Å². The number of hydrogen-bond acceptors (Lipinski definition) is 4. The molecule has 88 valence electrons. The number of nitrogens with one attached hydrogen (secondary N) is 1. The predicted molar refractivity (Wildman–Crippen MR) is 77.3 cm³/mol. The van der Waals surface area contributed by atoms with Gasteiger partial charge in [0.1, 0.15) is 16.2 Å². The van der Waals surface area contributed by atoms with Crippen molar-refractivity contribution in [3.63, 3.8) is 0 Å². The molecule has 0 bridgehead atoms. The van der Waals surface area contributed by atoms with Gasteiger partial charge in [-0.05, 0) is 24.4 Å². The van der Waals surface area contributed by atoms with Gasteiger partial charge in [0.25, 0.3) is 0 Å². The minimum Gasteiger partial charge on any atom is -0.336 e. The smallest absolute Gasteiger partial charge is 0.148 e. The predicted octanol–water partition coefficient (Wildman–Crippen LogP) is 4.21. The van der Waals surface area contributed by atoms with Crippen LogP contribution in [-0.4, -0.2) is 15.0 Å². The van der Waals surface area contributed by atoms with E-state index < -0.39 is 0 Å². The van der Waals surface area contributed by atoms with Gasteiger partial charge in [0.05, 0.1) is 16.6 Å². The number of rotatable bonds is 1. The molecule has 0 unspecified atom stereocenters. The zero-order chi connectivity index (χ0) is 12.1. The van der Waals surface area contributed by atoms with Crippen LogP contribution in [0.5, 0.6) is 0 Å². The summed E-state index contributed by atoms with van der Waals surface area (Å²) < 4.78 is 0. The first-order chi connectivity index (χ1) is 8.81. The average Bonchev–Trinajstić information content (AvgIpc) is 3.05. The SMILES string of the molecule is Cc1cc2c(ncc3[nH]c(-c4cccs4)nc32)s1. The van der Waals surface area contributed by atoms with Crippen molar-refractivity contribution in [3.05, 3.63) is 34.7 Å². The second kappa shape index (κ2) is 3.63. The van der Waals surface area contributed by atoms with Crippen LogP contribution in [0.1, 0.15) is 4.88 Å². The molecular formula is C13H9N3S2. The summed E-state index contributed by atoms with van der Waals surface area (Å²) in [4.78, 5) is 16.0. The highest BCUT2D eigenvalue weighted by molar-refractivity contribution is 7.18. The van der Waals surface area contributed by atoms with Crippen LogP contribution < -0.4 is 0 Å². The third-order valence-electron chi connectivity index (χ3n) is 2.89. The molecule has 0 saturated heterocycles. The van der Waals surface area contributed by atoms with E-state index in [9.17, 15) is 0 Å². The number of pyridine rings is 1. The zero-order valence-electron chi connectivity index (χ0n) is 9.60.